The van der Waals surface area contributed by atoms with Crippen molar-refractivity contribution < 1.29 is 13.2 Å². The molecule has 1 fully saturated rings. The predicted octanol–water partition coefficient (Wildman–Crippen LogP) is 5.37. The molecule has 1 aliphatic heterocycles. The largest absolute Gasteiger partial charge is 0.348 e. The van der Waals surface area contributed by atoms with Crippen LogP contribution in [0.15, 0.2) is 71.6 Å². The molecule has 3 aromatic carbocycles. The molecule has 2 N–H and O–H groups in total. The Bertz CT molecular complexity index is 1300. The van der Waals surface area contributed by atoms with E-state index in [2.05, 4.69) is 21.0 Å². The molecule has 0 spiro atoms. The van der Waals surface area contributed by atoms with Crippen molar-refractivity contribution in [2.24, 2.45) is 0 Å². The van der Waals surface area contributed by atoms with E-state index in [1.807, 2.05) is 37.3 Å². The van der Waals surface area contributed by atoms with Gasteiger partial charge in [-0.2, -0.15) is 0 Å². The molecule has 8 heteroatoms. The van der Waals surface area contributed by atoms with E-state index >= 15 is 0 Å². The second kappa shape index (κ2) is 11.2. The Labute approximate surface area is 212 Å². The zero-order valence-corrected chi connectivity index (χ0v) is 21.3. The quantitative estimate of drug-likeness (QED) is 0.426. The van der Waals surface area contributed by atoms with E-state index in [-0.39, 0.29) is 21.4 Å². The number of likely N-dealkylation sites (tertiary alicyclic amines) is 1. The van der Waals surface area contributed by atoms with Crippen molar-refractivity contribution in [3.63, 3.8) is 0 Å². The lowest BCUT2D eigenvalue weighted by molar-refractivity contribution is 0.0950. The Hall–Kier alpha value is -2.87. The number of amides is 1. The van der Waals surface area contributed by atoms with Crippen molar-refractivity contribution in [3.05, 3.63) is 94.0 Å². The van der Waals surface area contributed by atoms with Crippen molar-refractivity contribution in [1.29, 1.82) is 0 Å². The SMILES string of the molecule is Cc1ccccc1NS(=O)(=O)c1cc(C(=O)NCc2ccccc2CN2CCCCC2)ccc1Cl. The summed E-state index contributed by atoms with van der Waals surface area (Å²) in [6.07, 6.45) is 3.73. The molecule has 1 heterocycles. The molecule has 1 aliphatic rings. The van der Waals surface area contributed by atoms with Crippen molar-refractivity contribution in [2.75, 3.05) is 17.8 Å². The molecule has 0 aliphatic carbocycles. The second-order valence-corrected chi connectivity index (χ2v) is 10.9. The second-order valence-electron chi connectivity index (χ2n) is 8.85. The van der Waals surface area contributed by atoms with Crippen LogP contribution < -0.4 is 10.0 Å². The number of hydrogen-bond acceptors (Lipinski definition) is 4. The molecule has 0 radical (unpaired) electrons. The van der Waals surface area contributed by atoms with Crippen molar-refractivity contribution in [1.82, 2.24) is 10.2 Å². The average Bonchev–Trinajstić information content (AvgIpc) is 2.85. The van der Waals surface area contributed by atoms with Crippen LogP contribution in [0.25, 0.3) is 0 Å². The highest BCUT2D eigenvalue weighted by atomic mass is 35.5. The third-order valence-corrected chi connectivity index (χ3v) is 8.12. The van der Waals surface area contributed by atoms with E-state index in [9.17, 15) is 13.2 Å². The number of nitrogens with zero attached hydrogens (tertiary/aromatic N) is 1. The fourth-order valence-corrected chi connectivity index (χ4v) is 5.92. The molecule has 35 heavy (non-hydrogen) atoms. The fourth-order valence-electron chi connectivity index (χ4n) is 4.26. The van der Waals surface area contributed by atoms with Gasteiger partial charge in [-0.3, -0.25) is 14.4 Å². The highest BCUT2D eigenvalue weighted by Gasteiger charge is 2.21. The van der Waals surface area contributed by atoms with Crippen LogP contribution >= 0.6 is 11.6 Å². The smallest absolute Gasteiger partial charge is 0.263 e. The first-order valence-electron chi connectivity index (χ1n) is 11.8. The van der Waals surface area contributed by atoms with E-state index in [0.717, 1.165) is 30.8 Å². The molecule has 0 bridgehead atoms. The van der Waals surface area contributed by atoms with E-state index in [1.54, 1.807) is 12.1 Å². The average molecular weight is 512 g/mol. The van der Waals surface area contributed by atoms with Crippen LogP contribution in [0.3, 0.4) is 0 Å². The van der Waals surface area contributed by atoms with E-state index in [0.29, 0.717) is 12.2 Å². The number of hydrogen-bond donors (Lipinski definition) is 2. The number of sulfonamides is 1. The van der Waals surface area contributed by atoms with Crippen LogP contribution in [0.4, 0.5) is 5.69 Å². The normalized spacial score (nSPS) is 14.5. The summed E-state index contributed by atoms with van der Waals surface area (Å²) in [4.78, 5) is 15.3. The number of nitrogens with one attached hydrogen (secondary N) is 2. The third kappa shape index (κ3) is 6.42. The minimum absolute atomic E-state index is 0.0505. The van der Waals surface area contributed by atoms with Crippen LogP contribution in [-0.2, 0) is 23.1 Å². The first-order valence-corrected chi connectivity index (χ1v) is 13.6. The van der Waals surface area contributed by atoms with Gasteiger partial charge in [0.25, 0.3) is 15.9 Å². The van der Waals surface area contributed by atoms with Gasteiger partial charge in [-0.1, -0.05) is 60.5 Å². The summed E-state index contributed by atoms with van der Waals surface area (Å²) in [6, 6.07) is 19.5. The van der Waals surface area contributed by atoms with Gasteiger partial charge in [0.1, 0.15) is 4.90 Å². The maximum Gasteiger partial charge on any atom is 0.263 e. The molecule has 0 saturated carbocycles. The van der Waals surface area contributed by atoms with Gasteiger partial charge < -0.3 is 5.32 Å². The highest BCUT2D eigenvalue weighted by molar-refractivity contribution is 7.92. The molecule has 1 amide bonds. The molecule has 0 unspecified atom stereocenters. The summed E-state index contributed by atoms with van der Waals surface area (Å²) in [7, 11) is -3.98. The van der Waals surface area contributed by atoms with Crippen LogP contribution in [0, 0.1) is 6.92 Å². The summed E-state index contributed by atoms with van der Waals surface area (Å²) in [6.45, 7) is 5.22. The number of carbonyl (C=O) groups is 1. The Kier molecular flexibility index (Phi) is 8.11. The molecule has 0 aromatic heterocycles. The van der Waals surface area contributed by atoms with Crippen molar-refractivity contribution in [2.45, 2.75) is 44.2 Å². The summed E-state index contributed by atoms with van der Waals surface area (Å²) >= 11 is 6.22. The molecular weight excluding hydrogens is 482 g/mol. The first kappa shape index (κ1) is 25.2. The van der Waals surface area contributed by atoms with Crippen LogP contribution in [-0.4, -0.2) is 32.3 Å². The monoisotopic (exact) mass is 511 g/mol. The van der Waals surface area contributed by atoms with Gasteiger partial charge in [0, 0.05) is 18.7 Å². The third-order valence-electron chi connectivity index (χ3n) is 6.27. The van der Waals surface area contributed by atoms with Crippen molar-refractivity contribution >= 4 is 33.2 Å². The molecule has 0 atom stereocenters. The van der Waals surface area contributed by atoms with Gasteiger partial charge in [-0.25, -0.2) is 8.42 Å². The standard InChI is InChI=1S/C27H30ClN3O3S/c1-20-9-3-6-12-25(20)30-35(33,34)26-17-21(13-14-24(26)28)27(32)29-18-22-10-4-5-11-23(22)19-31-15-7-2-8-16-31/h3-6,9-14,17,30H,2,7-8,15-16,18-19H2,1H3,(H,29,32). The summed E-state index contributed by atoms with van der Waals surface area (Å²) < 4.78 is 28.6. The zero-order chi connectivity index (χ0) is 24.8. The lowest BCUT2D eigenvalue weighted by Gasteiger charge is -2.27. The fraction of sp³-hybridized carbons (Fsp3) is 0.296. The van der Waals surface area contributed by atoms with Gasteiger partial charge in [0.05, 0.1) is 10.7 Å². The predicted molar refractivity (Wildman–Crippen MR) is 140 cm³/mol. The Balaban J connectivity index is 1.47. The number of piperidine rings is 1. The number of rotatable bonds is 8. The Morgan fingerprint density at radius 1 is 0.943 bits per heavy atom. The molecular formula is C27H30ClN3O3S. The summed E-state index contributed by atoms with van der Waals surface area (Å²) in [5, 5.41) is 2.98. The minimum Gasteiger partial charge on any atom is -0.348 e. The number of carbonyl (C=O) groups excluding carboxylic acids is 1. The van der Waals surface area contributed by atoms with Crippen molar-refractivity contribution in [3.8, 4) is 0 Å². The maximum absolute atomic E-state index is 13.0. The molecule has 184 valence electrons. The summed E-state index contributed by atoms with van der Waals surface area (Å²) in [5.41, 5.74) is 3.71. The Morgan fingerprint density at radius 2 is 1.63 bits per heavy atom. The number of para-hydroxylation sites is 1. The number of anilines is 1. The molecule has 4 rings (SSSR count). The van der Waals surface area contributed by atoms with Gasteiger partial charge >= 0.3 is 0 Å². The topological polar surface area (TPSA) is 78.5 Å². The van der Waals surface area contributed by atoms with Gasteiger partial charge in [0.2, 0.25) is 0 Å². The van der Waals surface area contributed by atoms with Gasteiger partial charge in [-0.15, -0.1) is 0 Å². The lowest BCUT2D eigenvalue weighted by Crippen LogP contribution is -2.30. The molecule has 6 nitrogen and oxygen atoms in total. The lowest BCUT2D eigenvalue weighted by atomic mass is 10.0. The van der Waals surface area contributed by atoms with E-state index in [1.165, 1.54) is 43.0 Å². The number of halogens is 1. The summed E-state index contributed by atoms with van der Waals surface area (Å²) in [5.74, 6) is -0.359. The Morgan fingerprint density at radius 3 is 2.37 bits per heavy atom. The molecule has 1 saturated heterocycles. The minimum atomic E-state index is -3.98. The molecule has 3 aromatic rings. The number of aryl methyl sites for hydroxylation is 1. The maximum atomic E-state index is 13.0. The van der Waals surface area contributed by atoms with Crippen LogP contribution in [0.1, 0.15) is 46.3 Å². The highest BCUT2D eigenvalue weighted by Crippen LogP contribution is 2.26. The van der Waals surface area contributed by atoms with E-state index in [4.69, 9.17) is 11.6 Å². The van der Waals surface area contributed by atoms with Crippen LogP contribution in [0.2, 0.25) is 5.02 Å². The zero-order valence-electron chi connectivity index (χ0n) is 19.8. The van der Waals surface area contributed by atoms with E-state index < -0.39 is 10.0 Å². The number of benzene rings is 3. The van der Waals surface area contributed by atoms with Gasteiger partial charge in [0.15, 0.2) is 0 Å². The first-order chi connectivity index (χ1) is 16.8. The van der Waals surface area contributed by atoms with Crippen LogP contribution in [0.5, 0.6) is 0 Å². The van der Waals surface area contributed by atoms with Gasteiger partial charge in [-0.05, 0) is 73.8 Å².